The second kappa shape index (κ2) is 31.3. The largest absolute Gasteiger partial charge is 0.481 e. The number of carbonyl (C=O) groups excluding carboxylic acids is 3. The van der Waals surface area contributed by atoms with Crippen molar-refractivity contribution in [3.05, 3.63) is 12.7 Å². The van der Waals surface area contributed by atoms with Crippen molar-refractivity contribution in [1.82, 2.24) is 30.2 Å². The molecule has 1 fully saturated rings. The number of carbonyl (C=O) groups is 3. The van der Waals surface area contributed by atoms with Crippen LogP contribution in [0.4, 0.5) is 5.82 Å². The molecule has 10 N–H and O–H groups in total. The highest BCUT2D eigenvalue weighted by Gasteiger charge is 2.50. The van der Waals surface area contributed by atoms with E-state index in [2.05, 4.69) is 41.3 Å². The number of nitrogens with two attached hydrogens (primary N) is 1. The molecule has 0 spiro atoms. The first kappa shape index (κ1) is 61.9. The van der Waals surface area contributed by atoms with E-state index < -0.39 is 84.6 Å². The second-order valence-electron chi connectivity index (χ2n) is 18.1. The molecule has 7 atom stereocenters. The third-order valence-corrected chi connectivity index (χ3v) is 15.5. The Hall–Kier alpha value is -2.44. The first-order valence-electron chi connectivity index (χ1n) is 24.1. The maximum atomic E-state index is 12.8. The zero-order chi connectivity index (χ0) is 51.8. The van der Waals surface area contributed by atoms with Gasteiger partial charge in [0.1, 0.15) is 36.3 Å². The van der Waals surface area contributed by atoms with Crippen LogP contribution in [0.1, 0.15) is 155 Å². The lowest BCUT2D eigenvalue weighted by Crippen LogP contribution is -2.46. The fourth-order valence-electron chi connectivity index (χ4n) is 7.54. The lowest BCUT2D eigenvalue weighted by atomic mass is 9.87. The normalized spacial score (nSPS) is 19.7. The number of nitrogens with one attached hydrogen (secondary N) is 2. The van der Waals surface area contributed by atoms with Gasteiger partial charge in [-0.1, -0.05) is 142 Å². The van der Waals surface area contributed by atoms with Crippen LogP contribution in [0.3, 0.4) is 0 Å². The highest BCUT2D eigenvalue weighted by atomic mass is 32.2. The van der Waals surface area contributed by atoms with Crippen molar-refractivity contribution in [2.45, 2.75) is 180 Å². The minimum atomic E-state index is -5.58. The first-order chi connectivity index (χ1) is 33.1. The van der Waals surface area contributed by atoms with Gasteiger partial charge in [0.05, 0.1) is 19.5 Å². The van der Waals surface area contributed by atoms with Crippen molar-refractivity contribution in [3.63, 3.8) is 0 Å². The highest BCUT2D eigenvalue weighted by molar-refractivity contribution is 8.13. The summed E-state index contributed by atoms with van der Waals surface area (Å²) in [6.07, 6.45) is 16.6. The van der Waals surface area contributed by atoms with Crippen molar-refractivity contribution >= 4 is 69.1 Å². The number of thioether (sulfide) groups is 1. The number of aliphatic hydroxyl groups excluding tert-OH is 2. The Morgan fingerprint density at radius 3 is 1.94 bits per heavy atom. The number of ether oxygens (including phenoxy) is 1. The van der Waals surface area contributed by atoms with Crippen LogP contribution in [0.15, 0.2) is 12.7 Å². The number of aliphatic hydroxyl groups is 2. The predicted molar refractivity (Wildman–Crippen MR) is 260 cm³/mol. The molecule has 70 heavy (non-hydrogen) atoms. The van der Waals surface area contributed by atoms with E-state index in [0.29, 0.717) is 12.2 Å². The number of amides is 2. The van der Waals surface area contributed by atoms with Crippen LogP contribution < -0.4 is 16.4 Å². The van der Waals surface area contributed by atoms with Crippen molar-refractivity contribution in [3.8, 4) is 0 Å². The lowest BCUT2D eigenvalue weighted by molar-refractivity contribution is -0.137. The van der Waals surface area contributed by atoms with Crippen molar-refractivity contribution in [2.75, 3.05) is 37.8 Å². The molecule has 0 radical (unpaired) electrons. The molecule has 0 bridgehead atoms. The molecule has 1 aliphatic rings. The fraction of sp³-hybridized carbons (Fsp3) is 0.810. The van der Waals surface area contributed by atoms with Gasteiger partial charge in [0, 0.05) is 37.1 Å². The quantitative estimate of drug-likeness (QED) is 0.0271. The van der Waals surface area contributed by atoms with E-state index in [4.69, 9.17) is 19.5 Å². The summed E-state index contributed by atoms with van der Waals surface area (Å²) in [5.74, 6) is -1.01. The van der Waals surface area contributed by atoms with Crippen LogP contribution in [-0.4, -0.2) is 123 Å². The molecular weight excluding hydrogens is 999 g/mol. The van der Waals surface area contributed by atoms with Crippen LogP contribution in [-0.2, 0) is 50.7 Å². The summed E-state index contributed by atoms with van der Waals surface area (Å²) >= 11 is 1.16. The van der Waals surface area contributed by atoms with Gasteiger partial charge in [0.2, 0.25) is 11.8 Å². The zero-order valence-electron chi connectivity index (χ0n) is 40.5. The average Bonchev–Trinajstić information content (AvgIpc) is 3.85. The number of imidazole rings is 1. The Morgan fingerprint density at radius 2 is 1.37 bits per heavy atom. The topological polar surface area (TPSA) is 364 Å². The molecule has 24 nitrogen and oxygen atoms in total. The minimum absolute atomic E-state index is 0.0343. The van der Waals surface area contributed by atoms with Gasteiger partial charge in [-0.2, -0.15) is 4.31 Å². The van der Waals surface area contributed by atoms with Crippen LogP contribution >= 0.6 is 35.2 Å². The number of anilines is 1. The molecule has 7 unspecified atom stereocenters. The fourth-order valence-corrected chi connectivity index (χ4v) is 11.1. The Labute approximate surface area is 414 Å². The lowest BCUT2D eigenvalue weighted by Gasteiger charge is -2.30. The Kier molecular flexibility index (Phi) is 27.7. The molecule has 0 aromatic carbocycles. The van der Waals surface area contributed by atoms with Crippen molar-refractivity contribution < 1.29 is 80.5 Å². The standard InChI is InChI=1S/C42H76N7O17P3S/c1-4-5-6-7-8-9-10-11-12-13-14-15-16-17-18-19-20-21-22-33(51)70-26-25-44-32(50)23-24-45-40(54)37(53)42(2,3)28-63-69(60,61)66-68(58,59)62-27-31-36(65-67(55,56)57)35(52)41(64-31)49-30-48-34-38(43)46-29-47-39(34)49/h29-31,35-37,41,52-53H,4-28H2,1-3H3,(H,44,50)(H,45,54)(H,58,59)(H,60,61)(H2,43,46,47)(H2,55,56,57). The molecule has 3 rings (SSSR count). The van der Waals surface area contributed by atoms with E-state index in [-0.39, 0.29) is 41.6 Å². The van der Waals surface area contributed by atoms with E-state index in [1.807, 2.05) is 0 Å². The van der Waals surface area contributed by atoms with E-state index in [9.17, 15) is 57.9 Å². The van der Waals surface area contributed by atoms with Crippen LogP contribution in [0.5, 0.6) is 0 Å². The molecule has 2 aromatic rings. The molecule has 1 aliphatic heterocycles. The maximum absolute atomic E-state index is 12.8. The Bertz CT molecular complexity index is 2050. The number of phosphoric acid groups is 3. The number of fused-ring (bicyclic) bond motifs is 1. The predicted octanol–water partition coefficient (Wildman–Crippen LogP) is 6.10. The summed E-state index contributed by atoms with van der Waals surface area (Å²) in [7, 11) is -16.4. The minimum Gasteiger partial charge on any atom is -0.386 e. The van der Waals surface area contributed by atoms with Gasteiger partial charge in [-0.15, -0.1) is 0 Å². The molecule has 402 valence electrons. The number of unbranched alkanes of at least 4 members (excludes halogenated alkanes) is 17. The van der Waals surface area contributed by atoms with Crippen LogP contribution in [0.25, 0.3) is 11.2 Å². The molecule has 2 amide bonds. The van der Waals surface area contributed by atoms with E-state index >= 15 is 0 Å². The van der Waals surface area contributed by atoms with Gasteiger partial charge in [0.15, 0.2) is 22.8 Å². The van der Waals surface area contributed by atoms with Gasteiger partial charge in [-0.05, 0) is 6.42 Å². The molecular formula is C42H76N7O17P3S. The SMILES string of the molecule is CCCCCCCCCCCCCCCCCCCCC(=O)SCCNC(=O)CCNC(=O)C(O)C(C)(C)COP(=O)(O)OP(=O)(O)OCC1OC(n2cnc3c(N)ncnc32)C(O)C1OP(=O)(O)O. The first-order valence-corrected chi connectivity index (χ1v) is 29.6. The number of nitrogens with zero attached hydrogens (tertiary/aromatic N) is 4. The van der Waals surface area contributed by atoms with E-state index in [1.165, 1.54) is 110 Å². The third kappa shape index (κ3) is 23.6. The number of phosphoric ester groups is 3. The molecule has 3 heterocycles. The van der Waals surface area contributed by atoms with Crippen LogP contribution in [0.2, 0.25) is 0 Å². The number of rotatable bonds is 38. The zero-order valence-corrected chi connectivity index (χ0v) is 44.0. The average molecular weight is 1080 g/mol. The number of hydrogen-bond donors (Lipinski definition) is 9. The Balaban J connectivity index is 1.26. The van der Waals surface area contributed by atoms with Gasteiger partial charge in [-0.3, -0.25) is 32.5 Å². The smallest absolute Gasteiger partial charge is 0.386 e. The maximum Gasteiger partial charge on any atom is 0.481 e. The van der Waals surface area contributed by atoms with Gasteiger partial charge in [0.25, 0.3) is 0 Å². The molecule has 0 saturated carbocycles. The third-order valence-electron chi connectivity index (χ3n) is 11.5. The second-order valence-corrected chi connectivity index (χ2v) is 23.4. The summed E-state index contributed by atoms with van der Waals surface area (Å²) in [5.41, 5.74) is 4.29. The highest BCUT2D eigenvalue weighted by Crippen LogP contribution is 2.61. The number of hydrogen-bond acceptors (Lipinski definition) is 18. The van der Waals surface area contributed by atoms with Crippen molar-refractivity contribution in [1.29, 1.82) is 0 Å². The molecule has 28 heteroatoms. The summed E-state index contributed by atoms with van der Waals surface area (Å²) in [6, 6.07) is 0. The van der Waals surface area contributed by atoms with Gasteiger partial charge in [-0.25, -0.2) is 28.6 Å². The van der Waals surface area contributed by atoms with Gasteiger partial charge >= 0.3 is 23.5 Å². The van der Waals surface area contributed by atoms with E-state index in [0.717, 1.165) is 48.2 Å². The Morgan fingerprint density at radius 1 is 0.814 bits per heavy atom. The molecule has 1 saturated heterocycles. The summed E-state index contributed by atoms with van der Waals surface area (Å²) in [4.78, 5) is 88.5. The van der Waals surface area contributed by atoms with Crippen LogP contribution in [0, 0.1) is 5.41 Å². The summed E-state index contributed by atoms with van der Waals surface area (Å²) in [5, 5.41) is 26.7. The molecule has 0 aliphatic carbocycles. The van der Waals surface area contributed by atoms with Crippen molar-refractivity contribution in [2.24, 2.45) is 5.41 Å². The number of aromatic nitrogens is 4. The van der Waals surface area contributed by atoms with E-state index in [1.54, 1.807) is 0 Å². The molecule has 2 aromatic heterocycles. The monoisotopic (exact) mass is 1080 g/mol. The summed E-state index contributed by atoms with van der Waals surface area (Å²) in [6.45, 7) is 2.84. The summed E-state index contributed by atoms with van der Waals surface area (Å²) < 4.78 is 62.5. The number of nitrogen functional groups attached to an aromatic ring is 1. The van der Waals surface area contributed by atoms with Gasteiger partial charge < -0.3 is 50.9 Å².